The quantitative estimate of drug-likeness (QED) is 0.0160. The highest BCUT2D eigenvalue weighted by molar-refractivity contribution is 5.95. The fourth-order valence-electron chi connectivity index (χ4n) is 13.9. The molecule has 6 amide bonds. The number of carbonyl (C=O) groups is 11. The van der Waals surface area contributed by atoms with Crippen LogP contribution >= 0.6 is 0 Å². The lowest BCUT2D eigenvalue weighted by atomic mass is 9.44. The molecule has 99 heavy (non-hydrogen) atoms. The number of ketones is 1. The number of rotatable bonds is 29. The van der Waals surface area contributed by atoms with Gasteiger partial charge in [0.05, 0.1) is 42.3 Å². The zero-order valence-corrected chi connectivity index (χ0v) is 57.0. The van der Waals surface area contributed by atoms with Gasteiger partial charge in [0.2, 0.25) is 29.5 Å². The maximum Gasteiger partial charge on any atom is 0.338 e. The Hall–Kier alpha value is -9.15. The van der Waals surface area contributed by atoms with Crippen LogP contribution < -0.4 is 37.1 Å². The number of fused-ring (bicyclic) bond motifs is 6. The minimum atomic E-state index is -2.47. The Kier molecular flexibility index (Phi) is 24.0. The number of Topliss-reactive ketones (excluding diaryl/α,β-unsaturated/α-hetero) is 1. The zero-order valence-electron chi connectivity index (χ0n) is 57.0. The van der Waals surface area contributed by atoms with E-state index in [4.69, 9.17) is 34.2 Å². The number of hydrogen-bond donors (Lipinski definition) is 10. The van der Waals surface area contributed by atoms with Gasteiger partial charge in [-0.3, -0.25) is 38.4 Å². The molecule has 8 rings (SSSR count). The van der Waals surface area contributed by atoms with Gasteiger partial charge < -0.3 is 81.2 Å². The summed E-state index contributed by atoms with van der Waals surface area (Å²) in [6.07, 6.45) is -11.7. The predicted octanol–water partition coefficient (Wildman–Crippen LogP) is 3.65. The highest BCUT2D eigenvalue weighted by Crippen LogP contribution is 2.64. The smallest absolute Gasteiger partial charge is 0.338 e. The number of benzene rings is 4. The molecule has 4 aromatic carbocycles. The molecule has 1 aliphatic heterocycles. The van der Waals surface area contributed by atoms with Gasteiger partial charge in [-0.05, 0) is 86.7 Å². The van der Waals surface area contributed by atoms with E-state index in [0.29, 0.717) is 11.3 Å². The standard InChI is InChI=1S/C72H90N6O21/c1-39-49(36-72(93)61(98-65(90)44-24-14-11-15-25-44)59-70(9,60(85)57(84)55(39)69(72,7)8)50(80)35-51-71(59,38-96-51)99-41(3)79)97-66(91)58(56(43-22-12-10-13-23-43)78-67(92)68(4,5)6)94-34-32-52(81)74-33-19-18-28-47(64(88)89)76-53(82)31-30-46(62(73)86)77-63(87)40(2)75-54(83)37-95-48-29-20-26-42-21-16-17-27-45(42)48/h10-17,20-27,29,40,46-47,49-51,56-59,61,80,84,93H,18-19,28,30-38H2,1-9H3,(H2,73,86)(H,74,81)(H,75,83)(H,76,82)(H,77,87)(H,78,92)(H,88,89)/t40-,46+,47-,49-,50-,51+,56-,57+,58+,59-,61-,70+,71-,72+/m0/s1. The lowest BCUT2D eigenvalue weighted by Gasteiger charge is -2.67. The van der Waals surface area contributed by atoms with E-state index >= 15 is 9.59 Å². The first-order valence-corrected chi connectivity index (χ1v) is 33.0. The van der Waals surface area contributed by atoms with Crippen molar-refractivity contribution in [3.8, 4) is 5.75 Å². The third kappa shape index (κ3) is 16.6. The molecule has 2 bridgehead atoms. The van der Waals surface area contributed by atoms with E-state index < -0.39 is 185 Å². The number of ether oxygens (including phenoxy) is 6. The maximum atomic E-state index is 15.4. The fourth-order valence-corrected chi connectivity index (χ4v) is 13.9. The van der Waals surface area contributed by atoms with Crippen LogP contribution in [0, 0.1) is 22.2 Å². The van der Waals surface area contributed by atoms with E-state index in [-0.39, 0.29) is 68.4 Å². The molecule has 11 N–H and O–H groups in total. The van der Waals surface area contributed by atoms with Crippen molar-refractivity contribution in [2.75, 3.05) is 26.4 Å². The van der Waals surface area contributed by atoms with Gasteiger partial charge in [0.15, 0.2) is 24.1 Å². The van der Waals surface area contributed by atoms with Crippen LogP contribution in [-0.4, -0.2) is 178 Å². The highest BCUT2D eigenvalue weighted by Gasteiger charge is 2.78. The van der Waals surface area contributed by atoms with E-state index in [1.165, 1.54) is 46.8 Å². The molecular formula is C72H90N6O21. The second-order valence-corrected chi connectivity index (χ2v) is 27.6. The topological polar surface area (TPSA) is 410 Å². The summed E-state index contributed by atoms with van der Waals surface area (Å²) in [5, 5.41) is 63.2. The second-order valence-electron chi connectivity index (χ2n) is 27.6. The normalized spacial score (nSPS) is 25.3. The molecule has 534 valence electrons. The molecule has 2 saturated carbocycles. The Morgan fingerprint density at radius 2 is 1.42 bits per heavy atom. The Bertz CT molecular complexity index is 3720. The van der Waals surface area contributed by atoms with Gasteiger partial charge in [-0.15, -0.1) is 0 Å². The highest BCUT2D eigenvalue weighted by atomic mass is 16.6. The van der Waals surface area contributed by atoms with Crippen LogP contribution in [0.15, 0.2) is 114 Å². The van der Waals surface area contributed by atoms with Gasteiger partial charge in [-0.2, -0.15) is 0 Å². The maximum absolute atomic E-state index is 15.4. The molecule has 4 aromatic rings. The van der Waals surface area contributed by atoms with Crippen molar-refractivity contribution in [1.82, 2.24) is 26.6 Å². The van der Waals surface area contributed by atoms with Crippen molar-refractivity contribution in [3.05, 3.63) is 125 Å². The van der Waals surface area contributed by atoms with Gasteiger partial charge >= 0.3 is 23.9 Å². The Balaban J connectivity index is 0.925. The van der Waals surface area contributed by atoms with Crippen LogP contribution in [0.1, 0.15) is 136 Å². The number of nitrogens with two attached hydrogens (primary N) is 1. The van der Waals surface area contributed by atoms with Crippen molar-refractivity contribution in [2.24, 2.45) is 27.9 Å². The SMILES string of the molecule is CC(=O)O[C@@]12CO[C@@H]1C[C@H](O)[C@@]1(C)C(=O)[C@H](O)C3=C(C)[C@@H](OC(=O)[C@H](OCCC(=O)NCCCC[C@H](NC(=O)CC[C@@H](NC(=O)[C@H](C)NC(=O)COc4cccc5ccccc45)C(N)=O)C(=O)O)[C@@H](NC(=O)C(C)(C)C)c4ccccc4)C[C@@](O)([C@@H](OC(=O)c4ccccc4)[C@H]21)C3(C)C. The van der Waals surface area contributed by atoms with Crippen LogP contribution in [0.5, 0.6) is 5.75 Å². The first-order chi connectivity index (χ1) is 46.7. The third-order valence-electron chi connectivity index (χ3n) is 19.5. The van der Waals surface area contributed by atoms with Crippen molar-refractivity contribution in [1.29, 1.82) is 0 Å². The minimum absolute atomic E-state index is 0.0223. The first kappa shape index (κ1) is 75.6. The number of hydrogen-bond acceptors (Lipinski definition) is 20. The third-order valence-corrected chi connectivity index (χ3v) is 19.5. The van der Waals surface area contributed by atoms with Crippen molar-refractivity contribution < 1.29 is 102 Å². The van der Waals surface area contributed by atoms with Gasteiger partial charge in [0.25, 0.3) is 5.91 Å². The summed E-state index contributed by atoms with van der Waals surface area (Å²) < 4.78 is 36.9. The number of aliphatic hydroxyl groups excluding tert-OH is 2. The monoisotopic (exact) mass is 1370 g/mol. The molecule has 3 aliphatic carbocycles. The molecule has 1 saturated heterocycles. The minimum Gasteiger partial charge on any atom is -0.483 e. The van der Waals surface area contributed by atoms with Crippen molar-refractivity contribution >= 4 is 75.9 Å². The largest absolute Gasteiger partial charge is 0.483 e. The summed E-state index contributed by atoms with van der Waals surface area (Å²) in [5.41, 5.74) is -3.25. The number of nitrogens with one attached hydrogen (secondary N) is 5. The number of esters is 3. The molecule has 27 nitrogen and oxygen atoms in total. The number of amides is 6. The zero-order chi connectivity index (χ0) is 72.5. The summed E-state index contributed by atoms with van der Waals surface area (Å²) in [5.74, 6) is -10.7. The lowest BCUT2D eigenvalue weighted by molar-refractivity contribution is -0.346. The molecule has 0 spiro atoms. The average molecular weight is 1380 g/mol. The summed E-state index contributed by atoms with van der Waals surface area (Å²) in [6, 6.07) is 23.5. The van der Waals surface area contributed by atoms with E-state index in [1.54, 1.807) is 81.4 Å². The number of primary amides is 1. The molecule has 3 fully saturated rings. The molecule has 0 unspecified atom stereocenters. The van der Waals surface area contributed by atoms with Crippen LogP contribution in [0.4, 0.5) is 0 Å². The van der Waals surface area contributed by atoms with Gasteiger partial charge in [0, 0.05) is 55.4 Å². The molecule has 27 heteroatoms. The number of carboxylic acids is 1. The van der Waals surface area contributed by atoms with Crippen LogP contribution in [0.25, 0.3) is 10.8 Å². The average Bonchev–Trinajstić information content (AvgIpc) is 0.670. The number of carbonyl (C=O) groups excluding carboxylic acids is 10. The van der Waals surface area contributed by atoms with E-state index in [2.05, 4.69) is 26.6 Å². The van der Waals surface area contributed by atoms with Gasteiger partial charge in [-0.25, -0.2) is 14.4 Å². The first-order valence-electron chi connectivity index (χ1n) is 33.0. The predicted molar refractivity (Wildman–Crippen MR) is 354 cm³/mol. The van der Waals surface area contributed by atoms with Gasteiger partial charge in [-0.1, -0.05) is 120 Å². The summed E-state index contributed by atoms with van der Waals surface area (Å²) >= 11 is 0. The summed E-state index contributed by atoms with van der Waals surface area (Å²) in [7, 11) is 0. The van der Waals surface area contributed by atoms with E-state index in [1.807, 2.05) is 30.3 Å². The van der Waals surface area contributed by atoms with Gasteiger partial charge in [0.1, 0.15) is 53.9 Å². The van der Waals surface area contributed by atoms with Crippen LogP contribution in [0.3, 0.4) is 0 Å². The number of aliphatic hydroxyl groups is 3. The molecular weight excluding hydrogens is 1280 g/mol. The fraction of sp³-hybridized carbons (Fsp3) is 0.514. The van der Waals surface area contributed by atoms with Crippen molar-refractivity contribution in [2.45, 2.75) is 186 Å². The number of unbranched alkanes of at least 4 members (excludes halogenated alkanes) is 1. The van der Waals surface area contributed by atoms with Crippen LogP contribution in [-0.2, 0) is 71.6 Å². The Labute approximate surface area is 572 Å². The number of aliphatic carboxylic acids is 1. The molecule has 4 aliphatic rings. The van der Waals surface area contributed by atoms with E-state index in [9.17, 15) is 63.6 Å². The summed E-state index contributed by atoms with van der Waals surface area (Å²) in [6.45, 7) is 12.1. The van der Waals surface area contributed by atoms with E-state index in [0.717, 1.165) is 17.7 Å². The molecule has 0 aromatic heterocycles. The molecule has 14 atom stereocenters. The Morgan fingerprint density at radius 1 is 0.768 bits per heavy atom. The summed E-state index contributed by atoms with van der Waals surface area (Å²) in [4.78, 5) is 149. The van der Waals surface area contributed by atoms with Crippen LogP contribution in [0.2, 0.25) is 0 Å². The molecule has 0 radical (unpaired) electrons. The molecule has 1 heterocycles. The lowest BCUT2D eigenvalue weighted by Crippen LogP contribution is -2.81. The Morgan fingerprint density at radius 3 is 2.06 bits per heavy atom. The van der Waals surface area contributed by atoms with Crippen molar-refractivity contribution in [3.63, 3.8) is 0 Å². The number of carboxylic acid groups (broad SMARTS) is 1. The second kappa shape index (κ2) is 31.4.